The number of hydrogen-bond donors (Lipinski definition) is 4. The summed E-state index contributed by atoms with van der Waals surface area (Å²) in [4.78, 5) is 38.8. The van der Waals surface area contributed by atoms with Crippen LogP contribution in [0, 0.1) is 0 Å². The van der Waals surface area contributed by atoms with Crippen molar-refractivity contribution in [2.45, 2.75) is 96.6 Å². The Morgan fingerprint density at radius 1 is 0.500 bits per heavy atom. The molecule has 13 heteroatoms. The maximum absolute atomic E-state index is 11.7. The Labute approximate surface area is 287 Å². The number of aliphatic hydroxyl groups excluding tert-OH is 4. The van der Waals surface area contributed by atoms with Crippen LogP contribution in [0.2, 0.25) is 0 Å². The molecule has 0 aliphatic carbocycles. The Kier molecular flexibility index (Phi) is 25.7. The molecule has 0 saturated heterocycles. The summed E-state index contributed by atoms with van der Waals surface area (Å²) >= 11 is 0. The number of carbonyl (C=O) groups excluding carboxylic acids is 3. The molecule has 0 rings (SSSR count). The predicted molar refractivity (Wildman–Crippen MR) is 183 cm³/mol. The third kappa shape index (κ3) is 24.5. The number of hydrogen-bond acceptors (Lipinski definition) is 13. The van der Waals surface area contributed by atoms with Crippen LogP contribution >= 0.6 is 0 Å². The highest BCUT2D eigenvalue weighted by molar-refractivity contribution is 5.87. The van der Waals surface area contributed by atoms with Crippen LogP contribution in [0.4, 0.5) is 0 Å². The zero-order chi connectivity index (χ0) is 36.5. The maximum atomic E-state index is 11.7. The van der Waals surface area contributed by atoms with E-state index in [1.807, 2.05) is 9.80 Å². The lowest BCUT2D eigenvalue weighted by Gasteiger charge is -2.27. The SMILES string of the molecule is C=C(C)C(=O)OCC(O)CN(CCCCCCCCCCN(CC(O)COC(=O)C(=C)C)CC(O)COC(=O)C(=C)C)CC(O)COC. The van der Waals surface area contributed by atoms with Crippen molar-refractivity contribution in [3.63, 3.8) is 0 Å². The van der Waals surface area contributed by atoms with Crippen LogP contribution in [0.3, 0.4) is 0 Å². The summed E-state index contributed by atoms with van der Waals surface area (Å²) in [5.41, 5.74) is 0.746. The highest BCUT2D eigenvalue weighted by Crippen LogP contribution is 2.11. The molecule has 13 nitrogen and oxygen atoms in total. The minimum atomic E-state index is -0.958. The fourth-order valence-electron chi connectivity index (χ4n) is 4.73. The number of esters is 3. The van der Waals surface area contributed by atoms with E-state index in [9.17, 15) is 34.8 Å². The third-order valence-corrected chi connectivity index (χ3v) is 7.20. The first-order chi connectivity index (χ1) is 22.7. The van der Waals surface area contributed by atoms with Gasteiger partial charge in [-0.15, -0.1) is 0 Å². The van der Waals surface area contributed by atoms with E-state index in [2.05, 4.69) is 19.7 Å². The van der Waals surface area contributed by atoms with Gasteiger partial charge in [-0.3, -0.25) is 9.80 Å². The summed E-state index contributed by atoms with van der Waals surface area (Å²) in [6, 6.07) is 0. The van der Waals surface area contributed by atoms with Crippen molar-refractivity contribution in [3.05, 3.63) is 36.5 Å². The number of ether oxygens (including phenoxy) is 4. The normalized spacial score (nSPS) is 13.9. The monoisotopic (exact) mass is 686 g/mol. The van der Waals surface area contributed by atoms with Gasteiger partial charge in [0.2, 0.25) is 0 Å². The highest BCUT2D eigenvalue weighted by Gasteiger charge is 2.20. The lowest BCUT2D eigenvalue weighted by molar-refractivity contribution is -0.143. The highest BCUT2D eigenvalue weighted by atomic mass is 16.6. The van der Waals surface area contributed by atoms with Crippen molar-refractivity contribution in [2.24, 2.45) is 0 Å². The van der Waals surface area contributed by atoms with Gasteiger partial charge < -0.3 is 39.4 Å². The van der Waals surface area contributed by atoms with Gasteiger partial charge in [-0.05, 0) is 46.7 Å². The van der Waals surface area contributed by atoms with Crippen LogP contribution in [0.15, 0.2) is 36.5 Å². The molecule has 4 atom stereocenters. The molecule has 0 heterocycles. The van der Waals surface area contributed by atoms with Crippen molar-refractivity contribution < 1.29 is 53.8 Å². The number of nitrogens with zero attached hydrogens (tertiary/aromatic N) is 2. The van der Waals surface area contributed by atoms with Crippen LogP contribution in [0.5, 0.6) is 0 Å². The van der Waals surface area contributed by atoms with Crippen molar-refractivity contribution in [3.8, 4) is 0 Å². The molecule has 0 bridgehead atoms. The van der Waals surface area contributed by atoms with E-state index in [4.69, 9.17) is 18.9 Å². The summed E-state index contributed by atoms with van der Waals surface area (Å²) in [6.07, 6.45) is 4.37. The van der Waals surface area contributed by atoms with Gasteiger partial charge in [0.15, 0.2) is 0 Å². The molecule has 4 N–H and O–H groups in total. The van der Waals surface area contributed by atoms with Crippen LogP contribution in [-0.2, 0) is 33.3 Å². The van der Waals surface area contributed by atoms with Crippen LogP contribution < -0.4 is 0 Å². The molecule has 0 aromatic carbocycles. The fourth-order valence-corrected chi connectivity index (χ4v) is 4.73. The lowest BCUT2D eigenvalue weighted by atomic mass is 10.1. The second kappa shape index (κ2) is 27.2. The molecular formula is C35H62N2O11. The summed E-state index contributed by atoms with van der Waals surface area (Å²) in [5, 5.41) is 41.4. The average molecular weight is 687 g/mol. The third-order valence-electron chi connectivity index (χ3n) is 7.20. The average Bonchev–Trinajstić information content (AvgIpc) is 3.01. The number of aliphatic hydroxyl groups is 4. The Morgan fingerprint density at radius 3 is 1.00 bits per heavy atom. The second-order valence-electron chi connectivity index (χ2n) is 12.6. The van der Waals surface area contributed by atoms with Gasteiger partial charge in [-0.1, -0.05) is 58.3 Å². The molecule has 0 amide bonds. The Hall–Kier alpha value is -2.65. The quantitative estimate of drug-likeness (QED) is 0.0375. The van der Waals surface area contributed by atoms with Crippen molar-refractivity contribution in [1.29, 1.82) is 0 Å². The molecule has 0 aliphatic heterocycles. The standard InChI is InChI=1S/C35H62N2O11/c1-26(2)33(42)46-23-30(39)19-36(18-29(38)22-45-7)16-14-12-10-8-9-11-13-15-17-37(20-31(40)24-47-34(43)27(3)4)21-32(41)25-48-35(44)28(5)6/h29-32,38-41H,1,3,5,8-25H2,2,4,6-7H3. The van der Waals surface area contributed by atoms with E-state index in [1.165, 1.54) is 21.0 Å². The molecule has 0 aromatic rings. The van der Waals surface area contributed by atoms with E-state index in [1.54, 1.807) is 6.92 Å². The van der Waals surface area contributed by atoms with Gasteiger partial charge >= 0.3 is 17.9 Å². The van der Waals surface area contributed by atoms with Gasteiger partial charge in [0, 0.05) is 50.0 Å². The summed E-state index contributed by atoms with van der Waals surface area (Å²) in [7, 11) is 1.52. The van der Waals surface area contributed by atoms with Crippen molar-refractivity contribution in [1.82, 2.24) is 9.80 Å². The summed E-state index contributed by atoms with van der Waals surface area (Å²) < 4.78 is 20.2. The first kappa shape index (κ1) is 45.3. The van der Waals surface area contributed by atoms with E-state index < -0.39 is 42.3 Å². The van der Waals surface area contributed by atoms with E-state index in [0.717, 1.165) is 51.4 Å². The fraction of sp³-hybridized carbons (Fsp3) is 0.743. The van der Waals surface area contributed by atoms with Crippen LogP contribution in [0.25, 0.3) is 0 Å². The van der Waals surface area contributed by atoms with Gasteiger partial charge in [-0.2, -0.15) is 0 Å². The maximum Gasteiger partial charge on any atom is 0.333 e. The first-order valence-electron chi connectivity index (χ1n) is 16.8. The van der Waals surface area contributed by atoms with E-state index >= 15 is 0 Å². The van der Waals surface area contributed by atoms with Gasteiger partial charge in [0.05, 0.1) is 12.7 Å². The second-order valence-corrected chi connectivity index (χ2v) is 12.6. The topological polar surface area (TPSA) is 176 Å². The van der Waals surface area contributed by atoms with Gasteiger partial charge in [-0.25, -0.2) is 14.4 Å². The minimum absolute atomic E-state index is 0.142. The Bertz CT molecular complexity index is 936. The molecular weight excluding hydrogens is 624 g/mol. The molecule has 0 fully saturated rings. The molecule has 0 spiro atoms. The summed E-state index contributed by atoms with van der Waals surface area (Å²) in [6.45, 7) is 17.1. The number of rotatable bonds is 30. The predicted octanol–water partition coefficient (Wildman–Crippen LogP) is 2.16. The molecule has 0 saturated carbocycles. The minimum Gasteiger partial charge on any atom is -0.460 e. The Balaban J connectivity index is 4.57. The molecule has 0 radical (unpaired) electrons. The number of carbonyl (C=O) groups is 3. The van der Waals surface area contributed by atoms with E-state index in [0.29, 0.717) is 19.6 Å². The van der Waals surface area contributed by atoms with Crippen molar-refractivity contribution >= 4 is 17.9 Å². The molecule has 48 heavy (non-hydrogen) atoms. The Morgan fingerprint density at radius 2 is 0.750 bits per heavy atom. The number of unbranched alkanes of at least 4 members (excludes halogenated alkanes) is 7. The molecule has 0 aromatic heterocycles. The lowest BCUT2D eigenvalue weighted by Crippen LogP contribution is -2.41. The molecule has 0 aliphatic rings. The van der Waals surface area contributed by atoms with Crippen LogP contribution in [0.1, 0.15) is 72.1 Å². The number of methoxy groups -OCH3 is 1. The molecule has 4 unspecified atom stereocenters. The molecule has 278 valence electrons. The zero-order valence-corrected chi connectivity index (χ0v) is 29.7. The largest absolute Gasteiger partial charge is 0.460 e. The van der Waals surface area contributed by atoms with Gasteiger partial charge in [0.1, 0.15) is 38.1 Å². The summed E-state index contributed by atoms with van der Waals surface area (Å²) in [5.74, 6) is -1.71. The smallest absolute Gasteiger partial charge is 0.333 e. The van der Waals surface area contributed by atoms with Crippen molar-refractivity contribution in [2.75, 3.05) is 72.8 Å². The van der Waals surface area contributed by atoms with E-state index in [-0.39, 0.29) is 62.8 Å². The first-order valence-corrected chi connectivity index (χ1v) is 16.8. The zero-order valence-electron chi connectivity index (χ0n) is 29.7. The van der Waals surface area contributed by atoms with Crippen LogP contribution in [-0.4, -0.2) is 145 Å². The van der Waals surface area contributed by atoms with Gasteiger partial charge in [0.25, 0.3) is 0 Å².